The van der Waals surface area contributed by atoms with Gasteiger partial charge in [0.05, 0.1) is 5.75 Å². The minimum absolute atomic E-state index is 0.101. The molecule has 0 amide bonds. The predicted octanol–water partition coefficient (Wildman–Crippen LogP) is 1.16. The van der Waals surface area contributed by atoms with Gasteiger partial charge in [0.1, 0.15) is 11.6 Å². The van der Waals surface area contributed by atoms with E-state index in [9.17, 15) is 17.2 Å². The first-order chi connectivity index (χ1) is 8.35. The number of halogens is 2. The average Bonchev–Trinajstić information content (AvgIpc) is 2.28. The highest BCUT2D eigenvalue weighted by molar-refractivity contribution is 7.89. The lowest BCUT2D eigenvalue weighted by molar-refractivity contribution is 0.524. The maximum atomic E-state index is 13.4. The molecule has 0 saturated carbocycles. The summed E-state index contributed by atoms with van der Waals surface area (Å²) in [5.41, 5.74) is 0.304. The summed E-state index contributed by atoms with van der Waals surface area (Å²) >= 11 is 0. The van der Waals surface area contributed by atoms with E-state index in [1.165, 1.54) is 19.2 Å². The largest absolute Gasteiger partial charge is 0.309 e. The Morgan fingerprint density at radius 2 is 2.00 bits per heavy atom. The first-order valence-corrected chi connectivity index (χ1v) is 7.10. The highest BCUT2D eigenvalue weighted by Gasteiger charge is 2.12. The van der Waals surface area contributed by atoms with E-state index in [2.05, 4.69) is 10.0 Å². The number of sulfonamides is 1. The van der Waals surface area contributed by atoms with Crippen molar-refractivity contribution in [2.45, 2.75) is 13.0 Å². The van der Waals surface area contributed by atoms with E-state index >= 15 is 0 Å². The molecule has 1 aromatic rings. The zero-order chi connectivity index (χ0) is 13.8. The highest BCUT2D eigenvalue weighted by atomic mass is 32.2. The van der Waals surface area contributed by atoms with Crippen molar-refractivity contribution in [1.82, 2.24) is 10.0 Å². The van der Waals surface area contributed by atoms with E-state index in [4.69, 9.17) is 0 Å². The van der Waals surface area contributed by atoms with Crippen molar-refractivity contribution >= 4 is 10.0 Å². The van der Waals surface area contributed by atoms with Gasteiger partial charge in [-0.25, -0.2) is 21.9 Å². The molecular weight excluding hydrogens is 262 g/mol. The van der Waals surface area contributed by atoms with Crippen molar-refractivity contribution < 1.29 is 17.2 Å². The fourth-order valence-corrected chi connectivity index (χ4v) is 2.07. The van der Waals surface area contributed by atoms with Crippen LogP contribution in [0.15, 0.2) is 18.2 Å². The Morgan fingerprint density at radius 3 is 2.56 bits per heavy atom. The van der Waals surface area contributed by atoms with Crippen LogP contribution in [-0.4, -0.2) is 27.8 Å². The molecule has 0 aliphatic heterocycles. The second-order valence-corrected chi connectivity index (χ2v) is 5.91. The Morgan fingerprint density at radius 1 is 1.33 bits per heavy atom. The number of hydrogen-bond acceptors (Lipinski definition) is 3. The van der Waals surface area contributed by atoms with Crippen LogP contribution in [0.3, 0.4) is 0 Å². The molecule has 0 heterocycles. The zero-order valence-corrected chi connectivity index (χ0v) is 11.0. The van der Waals surface area contributed by atoms with Gasteiger partial charge < -0.3 is 5.32 Å². The molecule has 0 aliphatic rings. The molecule has 0 bridgehead atoms. The van der Waals surface area contributed by atoms with Gasteiger partial charge in [0, 0.05) is 24.2 Å². The van der Waals surface area contributed by atoms with Gasteiger partial charge in [-0.1, -0.05) is 6.07 Å². The number of benzene rings is 1. The minimum Gasteiger partial charge on any atom is -0.309 e. The van der Waals surface area contributed by atoms with E-state index in [1.54, 1.807) is 6.92 Å². The summed E-state index contributed by atoms with van der Waals surface area (Å²) in [5.74, 6) is -1.39. The van der Waals surface area contributed by atoms with Crippen molar-refractivity contribution in [3.05, 3.63) is 35.4 Å². The van der Waals surface area contributed by atoms with Crippen LogP contribution in [0.5, 0.6) is 0 Å². The Labute approximate surface area is 105 Å². The van der Waals surface area contributed by atoms with Gasteiger partial charge >= 0.3 is 0 Å². The summed E-state index contributed by atoms with van der Waals surface area (Å²) in [7, 11) is -1.95. The lowest BCUT2D eigenvalue weighted by atomic mass is 10.1. The molecule has 0 aromatic heterocycles. The molecule has 0 aliphatic carbocycles. The molecule has 7 heteroatoms. The molecule has 4 nitrogen and oxygen atoms in total. The summed E-state index contributed by atoms with van der Waals surface area (Å²) in [4.78, 5) is 0. The van der Waals surface area contributed by atoms with E-state index < -0.39 is 27.7 Å². The molecule has 1 rings (SSSR count). The molecule has 102 valence electrons. The van der Waals surface area contributed by atoms with Crippen molar-refractivity contribution in [3.8, 4) is 0 Å². The quantitative estimate of drug-likeness (QED) is 0.821. The van der Waals surface area contributed by atoms with Crippen molar-refractivity contribution in [3.63, 3.8) is 0 Å². The predicted molar refractivity (Wildman–Crippen MR) is 65.6 cm³/mol. The van der Waals surface area contributed by atoms with Gasteiger partial charge in [-0.2, -0.15) is 0 Å². The molecule has 0 saturated heterocycles. The van der Waals surface area contributed by atoms with Crippen molar-refractivity contribution in [2.75, 3.05) is 19.3 Å². The summed E-state index contributed by atoms with van der Waals surface area (Å²) in [6.45, 7) is 1.86. The Kier molecular flexibility index (Phi) is 5.18. The van der Waals surface area contributed by atoms with Crippen LogP contribution in [0.4, 0.5) is 8.78 Å². The number of hydrogen-bond donors (Lipinski definition) is 2. The van der Waals surface area contributed by atoms with Gasteiger partial charge in [-0.05, 0) is 20.0 Å². The van der Waals surface area contributed by atoms with Gasteiger partial charge in [-0.3, -0.25) is 0 Å². The highest BCUT2D eigenvalue weighted by Crippen LogP contribution is 2.17. The third-order valence-corrected chi connectivity index (χ3v) is 3.92. The number of nitrogens with one attached hydrogen (secondary N) is 2. The van der Waals surface area contributed by atoms with Crippen molar-refractivity contribution in [2.24, 2.45) is 0 Å². The molecule has 1 aromatic carbocycles. The molecule has 1 atom stereocenters. The molecule has 1 unspecified atom stereocenters. The third-order valence-electron chi connectivity index (χ3n) is 2.56. The molecule has 2 N–H and O–H groups in total. The summed E-state index contributed by atoms with van der Waals surface area (Å²) < 4.78 is 50.6. The smallest absolute Gasteiger partial charge is 0.212 e. The molecule has 0 fully saturated rings. The molecular formula is C11H16F2N2O2S. The maximum absolute atomic E-state index is 13.4. The second kappa shape index (κ2) is 6.21. The Hall–Kier alpha value is -1.05. The van der Waals surface area contributed by atoms with E-state index in [1.807, 2.05) is 0 Å². The van der Waals surface area contributed by atoms with Crippen LogP contribution in [-0.2, 0) is 10.0 Å². The monoisotopic (exact) mass is 278 g/mol. The average molecular weight is 278 g/mol. The standard InChI is InChI=1S/C11H16F2N2O2S/c1-8(15-5-6-18(16,17)14-2)10-4-3-9(12)7-11(10)13/h3-4,7-8,14-15H,5-6H2,1-2H3. The third kappa shape index (κ3) is 4.32. The Bertz CT molecular complexity index is 506. The van der Waals surface area contributed by atoms with Crippen molar-refractivity contribution in [1.29, 1.82) is 0 Å². The maximum Gasteiger partial charge on any atom is 0.212 e. The van der Waals surface area contributed by atoms with E-state index in [0.29, 0.717) is 5.56 Å². The fraction of sp³-hybridized carbons (Fsp3) is 0.455. The van der Waals surface area contributed by atoms with Gasteiger partial charge in [0.15, 0.2) is 0 Å². The van der Waals surface area contributed by atoms with Gasteiger partial charge in [0.25, 0.3) is 0 Å². The summed E-state index contributed by atoms with van der Waals surface area (Å²) in [6.07, 6.45) is 0. The molecule has 0 spiro atoms. The zero-order valence-electron chi connectivity index (χ0n) is 10.2. The van der Waals surface area contributed by atoms with Crippen LogP contribution in [0.25, 0.3) is 0 Å². The fourth-order valence-electron chi connectivity index (χ4n) is 1.47. The topological polar surface area (TPSA) is 58.2 Å². The van der Waals surface area contributed by atoms with Crippen LogP contribution < -0.4 is 10.0 Å². The molecule has 0 radical (unpaired) electrons. The Balaban J connectivity index is 2.58. The van der Waals surface area contributed by atoms with Crippen LogP contribution in [0.2, 0.25) is 0 Å². The van der Waals surface area contributed by atoms with Gasteiger partial charge in [-0.15, -0.1) is 0 Å². The SMILES string of the molecule is CNS(=O)(=O)CCNC(C)c1ccc(F)cc1F. The van der Waals surface area contributed by atoms with E-state index in [-0.39, 0.29) is 12.3 Å². The normalized spacial score (nSPS) is 13.6. The van der Waals surface area contributed by atoms with Crippen LogP contribution >= 0.6 is 0 Å². The first kappa shape index (κ1) is 15.0. The van der Waals surface area contributed by atoms with E-state index in [0.717, 1.165) is 6.07 Å². The van der Waals surface area contributed by atoms with Gasteiger partial charge in [0.2, 0.25) is 10.0 Å². The first-order valence-electron chi connectivity index (χ1n) is 5.45. The van der Waals surface area contributed by atoms with Crippen LogP contribution in [0, 0.1) is 11.6 Å². The van der Waals surface area contributed by atoms with Crippen LogP contribution in [0.1, 0.15) is 18.5 Å². The summed E-state index contributed by atoms with van der Waals surface area (Å²) in [5, 5.41) is 2.87. The second-order valence-electron chi connectivity index (χ2n) is 3.86. The summed E-state index contributed by atoms with van der Waals surface area (Å²) in [6, 6.07) is 2.92. The molecule has 18 heavy (non-hydrogen) atoms. The lowest BCUT2D eigenvalue weighted by Crippen LogP contribution is -2.31. The minimum atomic E-state index is -3.28. The lowest BCUT2D eigenvalue weighted by Gasteiger charge is -2.15. The number of rotatable bonds is 6.